The van der Waals surface area contributed by atoms with Crippen molar-refractivity contribution in [3.8, 4) is 11.5 Å². The maximum atomic E-state index is 13.5. The van der Waals surface area contributed by atoms with Crippen LogP contribution in [0.2, 0.25) is 0 Å². The Labute approximate surface area is 153 Å². The smallest absolute Gasteiger partial charge is 0.251 e. The van der Waals surface area contributed by atoms with E-state index in [4.69, 9.17) is 9.47 Å². The fourth-order valence-electron chi connectivity index (χ4n) is 2.69. The number of rotatable bonds is 8. The minimum absolute atomic E-state index is 0.140. The molecule has 0 heterocycles. The second-order valence-corrected chi connectivity index (χ2v) is 6.04. The Morgan fingerprint density at radius 1 is 1.19 bits per heavy atom. The standard InChI is InChI=1S/C20H25FN2O3/c1-5-26-18-10-9-15(12-19(18)25-4)20(24)22-13-17(23(2)3)14-7-6-8-16(21)11-14/h6-12,17H,5,13H2,1-4H3,(H,22,24). The molecule has 0 aliphatic carbocycles. The van der Waals surface area contributed by atoms with E-state index in [0.717, 1.165) is 5.56 Å². The molecule has 1 amide bonds. The molecule has 140 valence electrons. The summed E-state index contributed by atoms with van der Waals surface area (Å²) >= 11 is 0. The van der Waals surface area contributed by atoms with Crippen LogP contribution in [0.25, 0.3) is 0 Å². The van der Waals surface area contributed by atoms with E-state index in [-0.39, 0.29) is 17.8 Å². The van der Waals surface area contributed by atoms with Crippen LogP contribution in [0.1, 0.15) is 28.9 Å². The molecule has 0 radical (unpaired) electrons. The molecule has 1 N–H and O–H groups in total. The van der Waals surface area contributed by atoms with Gasteiger partial charge in [0, 0.05) is 12.1 Å². The highest BCUT2D eigenvalue weighted by molar-refractivity contribution is 5.94. The number of likely N-dealkylation sites (N-methyl/N-ethyl adjacent to an activating group) is 1. The van der Waals surface area contributed by atoms with Crippen LogP contribution >= 0.6 is 0 Å². The van der Waals surface area contributed by atoms with E-state index >= 15 is 0 Å². The molecule has 2 aromatic rings. The minimum atomic E-state index is -0.295. The van der Waals surface area contributed by atoms with Crippen LogP contribution in [0.4, 0.5) is 4.39 Å². The van der Waals surface area contributed by atoms with Crippen LogP contribution in [0.15, 0.2) is 42.5 Å². The van der Waals surface area contributed by atoms with Gasteiger partial charge in [-0.1, -0.05) is 12.1 Å². The summed E-state index contributed by atoms with van der Waals surface area (Å²) < 4.78 is 24.2. The van der Waals surface area contributed by atoms with Gasteiger partial charge in [-0.15, -0.1) is 0 Å². The maximum Gasteiger partial charge on any atom is 0.251 e. The van der Waals surface area contributed by atoms with Gasteiger partial charge in [0.15, 0.2) is 11.5 Å². The van der Waals surface area contributed by atoms with Gasteiger partial charge < -0.3 is 19.7 Å². The number of hydrogen-bond donors (Lipinski definition) is 1. The summed E-state index contributed by atoms with van der Waals surface area (Å²) in [5, 5.41) is 2.90. The Hall–Kier alpha value is -2.60. The SMILES string of the molecule is CCOc1ccc(C(=O)NCC(c2cccc(F)c2)N(C)C)cc1OC. The van der Waals surface area contributed by atoms with Gasteiger partial charge in [0.1, 0.15) is 5.82 Å². The van der Waals surface area contributed by atoms with Crippen LogP contribution in [-0.2, 0) is 0 Å². The van der Waals surface area contributed by atoms with Gasteiger partial charge in [-0.05, 0) is 56.9 Å². The van der Waals surface area contributed by atoms with Gasteiger partial charge >= 0.3 is 0 Å². The molecule has 2 aromatic carbocycles. The third kappa shape index (κ3) is 4.95. The first-order chi connectivity index (χ1) is 12.5. The summed E-state index contributed by atoms with van der Waals surface area (Å²) in [5.41, 5.74) is 1.28. The molecule has 0 saturated heterocycles. The van der Waals surface area contributed by atoms with E-state index in [1.165, 1.54) is 19.2 Å². The van der Waals surface area contributed by atoms with Crippen molar-refractivity contribution in [2.24, 2.45) is 0 Å². The third-order valence-corrected chi connectivity index (χ3v) is 4.04. The highest BCUT2D eigenvalue weighted by Crippen LogP contribution is 2.28. The second-order valence-electron chi connectivity index (χ2n) is 6.04. The quantitative estimate of drug-likeness (QED) is 0.785. The van der Waals surface area contributed by atoms with Crippen molar-refractivity contribution < 1.29 is 18.7 Å². The lowest BCUT2D eigenvalue weighted by molar-refractivity contribution is 0.0941. The number of methoxy groups -OCH3 is 1. The Kier molecular flexibility index (Phi) is 6.97. The number of halogens is 1. The van der Waals surface area contributed by atoms with Crippen LogP contribution in [0, 0.1) is 5.82 Å². The summed E-state index contributed by atoms with van der Waals surface area (Å²) in [6.45, 7) is 2.75. The number of nitrogens with one attached hydrogen (secondary N) is 1. The molecule has 0 aliphatic heterocycles. The molecule has 0 saturated carbocycles. The van der Waals surface area contributed by atoms with Crippen molar-refractivity contribution in [2.45, 2.75) is 13.0 Å². The van der Waals surface area contributed by atoms with E-state index in [1.807, 2.05) is 32.0 Å². The molecule has 0 bridgehead atoms. The van der Waals surface area contributed by atoms with Crippen molar-refractivity contribution in [3.05, 3.63) is 59.4 Å². The van der Waals surface area contributed by atoms with Gasteiger partial charge in [0.05, 0.1) is 19.8 Å². The van der Waals surface area contributed by atoms with E-state index in [0.29, 0.717) is 30.2 Å². The highest BCUT2D eigenvalue weighted by atomic mass is 19.1. The molecule has 6 heteroatoms. The zero-order valence-electron chi connectivity index (χ0n) is 15.6. The van der Waals surface area contributed by atoms with Crippen LogP contribution < -0.4 is 14.8 Å². The average molecular weight is 360 g/mol. The molecule has 0 aliphatic rings. The van der Waals surface area contributed by atoms with Gasteiger partial charge in [-0.3, -0.25) is 4.79 Å². The normalized spacial score (nSPS) is 11.9. The predicted octanol–water partition coefficient (Wildman–Crippen LogP) is 3.27. The van der Waals surface area contributed by atoms with Crippen LogP contribution in [0.3, 0.4) is 0 Å². The first kappa shape index (κ1) is 19.7. The molecule has 26 heavy (non-hydrogen) atoms. The van der Waals surface area contributed by atoms with E-state index in [2.05, 4.69) is 5.32 Å². The van der Waals surface area contributed by atoms with Crippen LogP contribution in [-0.4, -0.2) is 45.2 Å². The number of carbonyl (C=O) groups excluding carboxylic acids is 1. The summed E-state index contributed by atoms with van der Waals surface area (Å²) in [6, 6.07) is 11.3. The molecule has 0 aromatic heterocycles. The lowest BCUT2D eigenvalue weighted by atomic mass is 10.1. The molecule has 1 unspecified atom stereocenters. The van der Waals surface area contributed by atoms with Crippen molar-refractivity contribution >= 4 is 5.91 Å². The lowest BCUT2D eigenvalue weighted by Crippen LogP contribution is -2.34. The van der Waals surface area contributed by atoms with Crippen molar-refractivity contribution in [1.82, 2.24) is 10.2 Å². The third-order valence-electron chi connectivity index (χ3n) is 4.04. The summed E-state index contributed by atoms with van der Waals surface area (Å²) in [7, 11) is 5.31. The van der Waals surface area contributed by atoms with Gasteiger partial charge in [-0.25, -0.2) is 4.39 Å². The summed E-state index contributed by atoms with van der Waals surface area (Å²) in [6.07, 6.45) is 0. The first-order valence-corrected chi connectivity index (χ1v) is 8.47. The Morgan fingerprint density at radius 3 is 2.58 bits per heavy atom. The maximum absolute atomic E-state index is 13.5. The van der Waals surface area contributed by atoms with Crippen molar-refractivity contribution in [1.29, 1.82) is 0 Å². The lowest BCUT2D eigenvalue weighted by Gasteiger charge is -2.25. The average Bonchev–Trinajstić information content (AvgIpc) is 2.62. The second kappa shape index (κ2) is 9.20. The van der Waals surface area contributed by atoms with Gasteiger partial charge in [0.2, 0.25) is 0 Å². The largest absolute Gasteiger partial charge is 0.493 e. The fourth-order valence-corrected chi connectivity index (χ4v) is 2.69. The highest BCUT2D eigenvalue weighted by Gasteiger charge is 2.17. The fraction of sp³-hybridized carbons (Fsp3) is 0.350. The van der Waals surface area contributed by atoms with E-state index in [9.17, 15) is 9.18 Å². The number of ether oxygens (including phenoxy) is 2. The van der Waals surface area contributed by atoms with Crippen molar-refractivity contribution in [3.63, 3.8) is 0 Å². The monoisotopic (exact) mass is 360 g/mol. The van der Waals surface area contributed by atoms with E-state index in [1.54, 1.807) is 24.3 Å². The Bertz CT molecular complexity index is 750. The molecule has 2 rings (SSSR count). The summed E-state index contributed by atoms with van der Waals surface area (Å²) in [4.78, 5) is 14.4. The minimum Gasteiger partial charge on any atom is -0.493 e. The Morgan fingerprint density at radius 2 is 1.96 bits per heavy atom. The van der Waals surface area contributed by atoms with E-state index < -0.39 is 0 Å². The van der Waals surface area contributed by atoms with Gasteiger partial charge in [-0.2, -0.15) is 0 Å². The van der Waals surface area contributed by atoms with Gasteiger partial charge in [0.25, 0.3) is 5.91 Å². The number of nitrogens with zero attached hydrogens (tertiary/aromatic N) is 1. The molecular weight excluding hydrogens is 335 g/mol. The molecule has 5 nitrogen and oxygen atoms in total. The number of hydrogen-bond acceptors (Lipinski definition) is 4. The zero-order valence-corrected chi connectivity index (χ0v) is 15.6. The molecule has 0 fully saturated rings. The van der Waals surface area contributed by atoms with Crippen LogP contribution in [0.5, 0.6) is 11.5 Å². The number of benzene rings is 2. The number of carbonyl (C=O) groups is 1. The summed E-state index contributed by atoms with van der Waals surface area (Å²) in [5.74, 6) is 0.581. The number of amides is 1. The molecule has 0 spiro atoms. The molecule has 1 atom stereocenters. The Balaban J connectivity index is 2.11. The molecular formula is C20H25FN2O3. The predicted molar refractivity (Wildman–Crippen MR) is 99.3 cm³/mol. The first-order valence-electron chi connectivity index (χ1n) is 8.47. The topological polar surface area (TPSA) is 50.8 Å². The van der Waals surface area contributed by atoms with Crippen molar-refractivity contribution in [2.75, 3.05) is 34.4 Å². The zero-order chi connectivity index (χ0) is 19.1.